The van der Waals surface area contributed by atoms with Crippen LogP contribution in [-0.4, -0.2) is 15.3 Å². The summed E-state index contributed by atoms with van der Waals surface area (Å²) in [6.45, 7) is 52.4. The normalized spacial score (nSPS) is 12.8. The summed E-state index contributed by atoms with van der Waals surface area (Å²) >= 11 is 0. The van der Waals surface area contributed by atoms with Gasteiger partial charge in [-0.15, -0.1) is 0 Å². The second-order valence-electron chi connectivity index (χ2n) is 29.3. The summed E-state index contributed by atoms with van der Waals surface area (Å²) in [5.41, 5.74) is 16.0. The molecule has 4 rings (SSSR count). The zero-order valence-corrected chi connectivity index (χ0v) is 52.9. The van der Waals surface area contributed by atoms with Crippen molar-refractivity contribution < 1.29 is 15.3 Å². The molecule has 4 aromatic rings. The summed E-state index contributed by atoms with van der Waals surface area (Å²) in [4.78, 5) is 0. The first kappa shape index (κ1) is 65.6. The Bertz CT molecular complexity index is 2040. The molecule has 0 aliphatic heterocycles. The minimum Gasteiger partial charge on any atom is -0.507 e. The van der Waals surface area contributed by atoms with E-state index in [1.807, 2.05) is 0 Å². The maximum atomic E-state index is 11.6. The number of aromatic hydroxyl groups is 3. The summed E-state index contributed by atoms with van der Waals surface area (Å²) in [6.07, 6.45) is 25.1. The van der Waals surface area contributed by atoms with Crippen LogP contribution in [0.5, 0.6) is 17.2 Å². The molecule has 0 aliphatic carbocycles. The second kappa shape index (κ2) is 27.2. The highest BCUT2D eigenvalue weighted by molar-refractivity contribution is 5.59. The molecule has 1 radical (unpaired) electrons. The number of phenolic OH excluding ortho intramolecular Hbond substituents is 3. The monoisotopic (exact) mass is 1030 g/mol. The zero-order valence-electron chi connectivity index (χ0n) is 52.9. The smallest absolute Gasteiger partial charge is 0.123 e. The maximum absolute atomic E-state index is 11.6. The molecule has 0 bridgehead atoms. The lowest BCUT2D eigenvalue weighted by atomic mass is 9.75. The van der Waals surface area contributed by atoms with Crippen molar-refractivity contribution in [3.8, 4) is 17.2 Å². The van der Waals surface area contributed by atoms with E-state index in [4.69, 9.17) is 0 Å². The number of hydrogen-bond donors (Lipinski definition) is 3. The fourth-order valence-corrected chi connectivity index (χ4v) is 11.2. The molecule has 0 heterocycles. The summed E-state index contributed by atoms with van der Waals surface area (Å²) in [5.74, 6) is 1.22. The SMILES string of the molecule is Cc1c(Cc2cc(C(C)(C)C)c(O)c(C(C)(C)C)c2)c(C)c(Cc2cc(C(C)(C)C)c(O)c(C(C)(C)C)c2)c(C)c1Cc1cc(C(C)(C)C)c(O)c(C(C)(C)C)c1.[CH2]CCCCCCCCCCCCCCCCC. The predicted octanol–water partition coefficient (Wildman–Crippen LogP) is 21.4. The highest BCUT2D eigenvalue weighted by Crippen LogP contribution is 2.45. The van der Waals surface area contributed by atoms with Crippen molar-refractivity contribution in [2.75, 3.05) is 0 Å². The van der Waals surface area contributed by atoms with E-state index in [0.29, 0.717) is 17.2 Å². The van der Waals surface area contributed by atoms with Crippen molar-refractivity contribution in [2.24, 2.45) is 0 Å². The molecular formula is C72H115O3. The topological polar surface area (TPSA) is 60.7 Å². The van der Waals surface area contributed by atoms with E-state index >= 15 is 0 Å². The molecule has 0 amide bonds. The van der Waals surface area contributed by atoms with Crippen LogP contribution in [-0.2, 0) is 51.8 Å². The lowest BCUT2D eigenvalue weighted by Gasteiger charge is -2.30. The van der Waals surface area contributed by atoms with E-state index in [2.05, 4.69) is 196 Å². The Morgan fingerprint density at radius 2 is 0.480 bits per heavy atom. The number of unbranched alkanes of at least 4 members (excludes halogenated alkanes) is 15. The highest BCUT2D eigenvalue weighted by atomic mass is 16.3. The standard InChI is InChI=1S/C54H78O3.C18H37/c1-31-37(22-34-25-40(49(4,5)6)46(55)41(26-34)50(7,8)9)32(2)39(24-36-29-44(53(16,17)18)48(57)45(30-36)54(19,20)21)33(3)38(31)23-35-27-42(51(10,11)12)47(56)43(28-35)52(13,14)15;1-3-5-7-9-11-13-15-17-18-16-14-12-10-8-6-4-2/h25-30,55-57H,22-24H2,1-21H3;1,3-18H2,2H3. The molecule has 75 heavy (non-hydrogen) atoms. The van der Waals surface area contributed by atoms with E-state index in [9.17, 15) is 15.3 Å². The van der Waals surface area contributed by atoms with Gasteiger partial charge in [-0.05, 0) is 156 Å². The van der Waals surface area contributed by atoms with Crippen LogP contribution >= 0.6 is 0 Å². The second-order valence-corrected chi connectivity index (χ2v) is 29.3. The quantitative estimate of drug-likeness (QED) is 0.0729. The Kier molecular flexibility index (Phi) is 23.8. The average Bonchev–Trinajstić information content (AvgIpc) is 3.27. The molecule has 0 spiro atoms. The van der Waals surface area contributed by atoms with Gasteiger partial charge in [0.1, 0.15) is 17.2 Å². The molecule has 0 unspecified atom stereocenters. The molecular weight excluding hydrogens is 913 g/mol. The van der Waals surface area contributed by atoms with Gasteiger partial charge in [-0.2, -0.15) is 0 Å². The lowest BCUT2D eigenvalue weighted by Crippen LogP contribution is -2.19. The van der Waals surface area contributed by atoms with E-state index in [-0.39, 0.29) is 32.5 Å². The average molecular weight is 1030 g/mol. The van der Waals surface area contributed by atoms with Gasteiger partial charge in [-0.3, -0.25) is 0 Å². The van der Waals surface area contributed by atoms with Crippen LogP contribution in [0.25, 0.3) is 0 Å². The van der Waals surface area contributed by atoms with Crippen LogP contribution in [0.2, 0.25) is 0 Å². The van der Waals surface area contributed by atoms with Crippen molar-refractivity contribution in [3.63, 3.8) is 0 Å². The van der Waals surface area contributed by atoms with E-state index in [1.54, 1.807) is 0 Å². The molecule has 3 nitrogen and oxygen atoms in total. The van der Waals surface area contributed by atoms with Crippen molar-refractivity contribution in [3.05, 3.63) is 127 Å². The first-order valence-electron chi connectivity index (χ1n) is 30.0. The van der Waals surface area contributed by atoms with Gasteiger partial charge in [0.05, 0.1) is 0 Å². The van der Waals surface area contributed by atoms with Gasteiger partial charge in [0.2, 0.25) is 0 Å². The molecule has 0 atom stereocenters. The summed E-state index contributed by atoms with van der Waals surface area (Å²) in [5, 5.41) is 34.9. The number of benzene rings is 4. The lowest BCUT2D eigenvalue weighted by molar-refractivity contribution is 0.422. The highest BCUT2D eigenvalue weighted by Gasteiger charge is 2.31. The summed E-state index contributed by atoms with van der Waals surface area (Å²) < 4.78 is 0. The van der Waals surface area contributed by atoms with Gasteiger partial charge in [0, 0.05) is 0 Å². The number of hydrogen-bond acceptors (Lipinski definition) is 3. The Hall–Kier alpha value is -3.72. The molecule has 0 aliphatic rings. The van der Waals surface area contributed by atoms with Crippen LogP contribution in [0.1, 0.15) is 318 Å². The van der Waals surface area contributed by atoms with Crippen LogP contribution in [0.15, 0.2) is 36.4 Å². The Morgan fingerprint density at radius 1 is 0.307 bits per heavy atom. The third-order valence-corrected chi connectivity index (χ3v) is 16.1. The maximum Gasteiger partial charge on any atom is 0.123 e. The van der Waals surface area contributed by atoms with Crippen molar-refractivity contribution in [2.45, 2.75) is 307 Å². The first-order chi connectivity index (χ1) is 34.5. The van der Waals surface area contributed by atoms with Gasteiger partial charge in [-0.25, -0.2) is 0 Å². The van der Waals surface area contributed by atoms with Crippen LogP contribution in [0, 0.1) is 27.7 Å². The van der Waals surface area contributed by atoms with Crippen molar-refractivity contribution in [1.82, 2.24) is 0 Å². The van der Waals surface area contributed by atoms with Crippen molar-refractivity contribution in [1.29, 1.82) is 0 Å². The molecule has 421 valence electrons. The first-order valence-corrected chi connectivity index (χ1v) is 30.0. The minimum atomic E-state index is -0.226. The van der Waals surface area contributed by atoms with Gasteiger partial charge >= 0.3 is 0 Å². The molecule has 3 N–H and O–H groups in total. The van der Waals surface area contributed by atoms with Gasteiger partial charge in [0.25, 0.3) is 0 Å². The van der Waals surface area contributed by atoms with E-state index in [1.165, 1.54) is 146 Å². The number of rotatable bonds is 21. The summed E-state index contributed by atoms with van der Waals surface area (Å²) in [7, 11) is 0. The van der Waals surface area contributed by atoms with Gasteiger partial charge < -0.3 is 15.3 Å². The van der Waals surface area contributed by atoms with E-state index in [0.717, 1.165) is 59.1 Å². The number of phenols is 3. The molecule has 0 aromatic heterocycles. The fourth-order valence-electron chi connectivity index (χ4n) is 11.2. The molecule has 3 heteroatoms. The third-order valence-electron chi connectivity index (χ3n) is 16.1. The molecule has 0 saturated carbocycles. The van der Waals surface area contributed by atoms with Crippen LogP contribution in [0.4, 0.5) is 0 Å². The Balaban J connectivity index is 0.000000699. The van der Waals surface area contributed by atoms with Crippen LogP contribution < -0.4 is 0 Å². The fraction of sp³-hybridized carbons (Fsp3) is 0.653. The molecule has 0 saturated heterocycles. The Morgan fingerprint density at radius 3 is 0.640 bits per heavy atom. The molecule has 4 aromatic carbocycles. The summed E-state index contributed by atoms with van der Waals surface area (Å²) in [6, 6.07) is 13.4. The van der Waals surface area contributed by atoms with Crippen molar-refractivity contribution >= 4 is 0 Å². The molecule has 0 fully saturated rings. The predicted molar refractivity (Wildman–Crippen MR) is 330 cm³/mol. The van der Waals surface area contributed by atoms with Gasteiger partial charge in [-0.1, -0.05) is 278 Å². The third kappa shape index (κ3) is 19.0. The van der Waals surface area contributed by atoms with E-state index < -0.39 is 0 Å². The largest absolute Gasteiger partial charge is 0.507 e. The zero-order chi connectivity index (χ0) is 57.1. The Labute approximate surface area is 464 Å². The minimum absolute atomic E-state index is 0.226. The van der Waals surface area contributed by atoms with Gasteiger partial charge in [0.15, 0.2) is 0 Å². The van der Waals surface area contributed by atoms with Crippen LogP contribution in [0.3, 0.4) is 0 Å².